The molecule has 4 heteroatoms. The molecular formula is C22H23N3O. The molecule has 0 radical (unpaired) electrons. The Morgan fingerprint density at radius 2 is 1.73 bits per heavy atom. The van der Waals surface area contributed by atoms with Crippen molar-refractivity contribution in [1.82, 2.24) is 4.90 Å². The molecule has 2 aromatic carbocycles. The van der Waals surface area contributed by atoms with Gasteiger partial charge in [-0.1, -0.05) is 42.5 Å². The molecule has 1 heterocycles. The highest BCUT2D eigenvalue weighted by Crippen LogP contribution is 2.48. The molecule has 2 fully saturated rings. The fourth-order valence-corrected chi connectivity index (χ4v) is 3.99. The van der Waals surface area contributed by atoms with Gasteiger partial charge in [-0.2, -0.15) is 5.26 Å². The molecule has 1 aliphatic carbocycles. The Labute approximate surface area is 154 Å². The largest absolute Gasteiger partial charge is 0.369 e. The van der Waals surface area contributed by atoms with Gasteiger partial charge in [0.2, 0.25) is 5.91 Å². The molecule has 132 valence electrons. The Hall–Kier alpha value is -2.80. The third kappa shape index (κ3) is 3.30. The molecule has 0 N–H and O–H groups in total. The molecule has 0 spiro atoms. The predicted molar refractivity (Wildman–Crippen MR) is 102 cm³/mol. The summed E-state index contributed by atoms with van der Waals surface area (Å²) in [5.74, 6) is 0.840. The quantitative estimate of drug-likeness (QED) is 0.856. The van der Waals surface area contributed by atoms with Crippen molar-refractivity contribution in [3.63, 3.8) is 0 Å². The normalized spacial score (nSPS) is 22.4. The van der Waals surface area contributed by atoms with E-state index in [0.29, 0.717) is 17.4 Å². The van der Waals surface area contributed by atoms with Crippen LogP contribution in [0.15, 0.2) is 54.6 Å². The smallest absolute Gasteiger partial charge is 0.226 e. The zero-order valence-electron chi connectivity index (χ0n) is 14.8. The molecule has 26 heavy (non-hydrogen) atoms. The van der Waals surface area contributed by atoms with Gasteiger partial charge in [0.05, 0.1) is 11.3 Å². The third-order valence-corrected chi connectivity index (χ3v) is 5.51. The van der Waals surface area contributed by atoms with Gasteiger partial charge in [-0.25, -0.2) is 0 Å². The zero-order valence-corrected chi connectivity index (χ0v) is 14.8. The second kappa shape index (κ2) is 7.21. The fourth-order valence-electron chi connectivity index (χ4n) is 3.99. The van der Waals surface area contributed by atoms with E-state index in [1.54, 1.807) is 0 Å². The van der Waals surface area contributed by atoms with Gasteiger partial charge in [-0.15, -0.1) is 0 Å². The number of benzene rings is 2. The number of carbonyl (C=O) groups excluding carboxylic acids is 1. The fraction of sp³-hybridized carbons (Fsp3) is 0.364. The highest BCUT2D eigenvalue weighted by Gasteiger charge is 2.45. The lowest BCUT2D eigenvalue weighted by molar-refractivity contribution is -0.132. The van der Waals surface area contributed by atoms with Gasteiger partial charge < -0.3 is 9.80 Å². The van der Waals surface area contributed by atoms with Crippen molar-refractivity contribution in [3.8, 4) is 6.07 Å². The standard InChI is InChI=1S/C22H23N3O/c23-16-18-9-4-5-10-21(18)24-11-6-12-25(14-13-24)22(26)20-15-19(20)17-7-2-1-3-8-17/h1-5,7-10,19-20H,6,11-15H2/t19-,20-/m0/s1. The van der Waals surface area contributed by atoms with Crippen LogP contribution in [-0.2, 0) is 4.79 Å². The molecule has 1 saturated carbocycles. The van der Waals surface area contributed by atoms with Gasteiger partial charge in [0.1, 0.15) is 6.07 Å². The van der Waals surface area contributed by atoms with Gasteiger partial charge in [-0.05, 0) is 36.5 Å². The number of para-hydroxylation sites is 1. The van der Waals surface area contributed by atoms with Crippen LogP contribution in [0.3, 0.4) is 0 Å². The molecule has 0 aromatic heterocycles. The van der Waals surface area contributed by atoms with Crippen LogP contribution in [0.5, 0.6) is 0 Å². The number of nitrogens with zero attached hydrogens (tertiary/aromatic N) is 3. The molecule has 2 aromatic rings. The summed E-state index contributed by atoms with van der Waals surface area (Å²) in [4.78, 5) is 17.2. The Balaban J connectivity index is 1.40. The summed E-state index contributed by atoms with van der Waals surface area (Å²) in [6.07, 6.45) is 1.91. The van der Waals surface area contributed by atoms with E-state index in [1.807, 2.05) is 47.4 Å². The van der Waals surface area contributed by atoms with E-state index in [2.05, 4.69) is 23.1 Å². The summed E-state index contributed by atoms with van der Waals surface area (Å²) in [5, 5.41) is 9.34. The Bertz CT molecular complexity index is 827. The number of hydrogen-bond donors (Lipinski definition) is 0. The predicted octanol–water partition coefficient (Wildman–Crippen LogP) is 3.40. The van der Waals surface area contributed by atoms with Gasteiger partial charge in [0.25, 0.3) is 0 Å². The van der Waals surface area contributed by atoms with E-state index >= 15 is 0 Å². The minimum absolute atomic E-state index is 0.148. The van der Waals surface area contributed by atoms with Crippen LogP contribution in [0.4, 0.5) is 5.69 Å². The number of hydrogen-bond acceptors (Lipinski definition) is 3. The summed E-state index contributed by atoms with van der Waals surface area (Å²) in [5.41, 5.74) is 2.97. The van der Waals surface area contributed by atoms with E-state index < -0.39 is 0 Å². The van der Waals surface area contributed by atoms with E-state index in [4.69, 9.17) is 0 Å². The molecule has 0 bridgehead atoms. The monoisotopic (exact) mass is 345 g/mol. The maximum Gasteiger partial charge on any atom is 0.226 e. The molecule has 1 amide bonds. The SMILES string of the molecule is N#Cc1ccccc1N1CCCN(C(=O)[C@H]2C[C@H]2c2ccccc2)CC1. The van der Waals surface area contributed by atoms with Gasteiger partial charge in [-0.3, -0.25) is 4.79 Å². The van der Waals surface area contributed by atoms with Crippen LogP contribution in [0.2, 0.25) is 0 Å². The molecule has 1 saturated heterocycles. The lowest BCUT2D eigenvalue weighted by atomic mass is 10.1. The van der Waals surface area contributed by atoms with Crippen molar-refractivity contribution in [2.75, 3.05) is 31.1 Å². The number of anilines is 1. The maximum absolute atomic E-state index is 12.9. The van der Waals surface area contributed by atoms with Gasteiger partial charge in [0.15, 0.2) is 0 Å². The maximum atomic E-state index is 12.9. The lowest BCUT2D eigenvalue weighted by Gasteiger charge is -2.24. The average molecular weight is 345 g/mol. The topological polar surface area (TPSA) is 47.3 Å². The molecular weight excluding hydrogens is 322 g/mol. The van der Waals surface area contributed by atoms with Crippen LogP contribution < -0.4 is 4.90 Å². The first kappa shape index (κ1) is 16.7. The number of carbonyl (C=O) groups is 1. The second-order valence-corrected chi connectivity index (χ2v) is 7.15. The van der Waals surface area contributed by atoms with Crippen molar-refractivity contribution >= 4 is 11.6 Å². The lowest BCUT2D eigenvalue weighted by Crippen LogP contribution is -2.36. The first-order valence-electron chi connectivity index (χ1n) is 9.36. The van der Waals surface area contributed by atoms with Crippen molar-refractivity contribution in [1.29, 1.82) is 5.26 Å². The van der Waals surface area contributed by atoms with Crippen LogP contribution in [0, 0.1) is 17.2 Å². The highest BCUT2D eigenvalue weighted by molar-refractivity contribution is 5.83. The highest BCUT2D eigenvalue weighted by atomic mass is 16.2. The van der Waals surface area contributed by atoms with E-state index in [0.717, 1.165) is 44.7 Å². The van der Waals surface area contributed by atoms with Crippen LogP contribution >= 0.6 is 0 Å². The molecule has 4 nitrogen and oxygen atoms in total. The van der Waals surface area contributed by atoms with Gasteiger partial charge >= 0.3 is 0 Å². The Morgan fingerprint density at radius 1 is 0.962 bits per heavy atom. The minimum Gasteiger partial charge on any atom is -0.369 e. The summed E-state index contributed by atoms with van der Waals surface area (Å²) < 4.78 is 0. The summed E-state index contributed by atoms with van der Waals surface area (Å²) in [6.45, 7) is 3.21. The van der Waals surface area contributed by atoms with Crippen molar-refractivity contribution in [2.45, 2.75) is 18.8 Å². The average Bonchev–Trinajstić information content (AvgIpc) is 3.52. The van der Waals surface area contributed by atoms with E-state index in [9.17, 15) is 10.1 Å². The third-order valence-electron chi connectivity index (χ3n) is 5.51. The Kier molecular flexibility index (Phi) is 4.62. The molecule has 1 aliphatic heterocycles. The second-order valence-electron chi connectivity index (χ2n) is 7.15. The Morgan fingerprint density at radius 3 is 2.54 bits per heavy atom. The molecule has 0 unspecified atom stereocenters. The van der Waals surface area contributed by atoms with Crippen LogP contribution in [-0.4, -0.2) is 37.0 Å². The number of rotatable bonds is 3. The van der Waals surface area contributed by atoms with E-state index in [1.165, 1.54) is 5.56 Å². The number of amides is 1. The van der Waals surface area contributed by atoms with Crippen molar-refractivity contribution in [3.05, 3.63) is 65.7 Å². The summed E-state index contributed by atoms with van der Waals surface area (Å²) >= 11 is 0. The van der Waals surface area contributed by atoms with Crippen LogP contribution in [0.25, 0.3) is 0 Å². The van der Waals surface area contributed by atoms with Crippen LogP contribution in [0.1, 0.15) is 29.9 Å². The first-order chi connectivity index (χ1) is 12.8. The summed E-state index contributed by atoms with van der Waals surface area (Å²) in [6, 6.07) is 20.4. The molecule has 4 rings (SSSR count). The minimum atomic E-state index is 0.148. The molecule has 2 atom stereocenters. The summed E-state index contributed by atoms with van der Waals surface area (Å²) in [7, 11) is 0. The molecule has 2 aliphatic rings. The van der Waals surface area contributed by atoms with Crippen molar-refractivity contribution < 1.29 is 4.79 Å². The van der Waals surface area contributed by atoms with Crippen molar-refractivity contribution in [2.24, 2.45) is 5.92 Å². The number of nitriles is 1. The van der Waals surface area contributed by atoms with E-state index in [-0.39, 0.29) is 5.92 Å². The zero-order chi connectivity index (χ0) is 17.9. The first-order valence-corrected chi connectivity index (χ1v) is 9.36. The van der Waals surface area contributed by atoms with Gasteiger partial charge in [0, 0.05) is 32.1 Å².